The minimum absolute atomic E-state index is 0.0553. The molecule has 2 aliphatic heterocycles. The lowest BCUT2D eigenvalue weighted by Gasteiger charge is -2.37. The molecule has 0 spiro atoms. The molecule has 0 radical (unpaired) electrons. The number of ether oxygens (including phenoxy) is 1. The summed E-state index contributed by atoms with van der Waals surface area (Å²) in [5.41, 5.74) is 5.43. The molecule has 0 aliphatic carbocycles. The maximum atomic E-state index is 11.8. The zero-order valence-corrected chi connectivity index (χ0v) is 17.1. The fourth-order valence-corrected chi connectivity index (χ4v) is 5.32. The van der Waals surface area contributed by atoms with E-state index in [1.807, 2.05) is 0 Å². The van der Waals surface area contributed by atoms with Crippen LogP contribution in [0.15, 0.2) is 22.7 Å². The van der Waals surface area contributed by atoms with Gasteiger partial charge in [0.25, 0.3) is 0 Å². The van der Waals surface area contributed by atoms with E-state index in [9.17, 15) is 4.79 Å². The highest BCUT2D eigenvalue weighted by Gasteiger charge is 2.47. The quantitative estimate of drug-likeness (QED) is 0.590. The van der Waals surface area contributed by atoms with Crippen molar-refractivity contribution in [3.05, 3.63) is 33.9 Å². The topological polar surface area (TPSA) is 45.1 Å². The van der Waals surface area contributed by atoms with Gasteiger partial charge in [-0.05, 0) is 43.0 Å². The molecule has 3 heterocycles. The van der Waals surface area contributed by atoms with Crippen molar-refractivity contribution in [2.75, 3.05) is 20.2 Å². The van der Waals surface area contributed by atoms with Crippen LogP contribution >= 0.6 is 15.9 Å². The maximum absolute atomic E-state index is 11.8. The number of fused-ring (bicyclic) bond motifs is 4. The van der Waals surface area contributed by atoms with Gasteiger partial charge in [-0.3, -0.25) is 4.79 Å². The molecule has 1 atom stereocenters. The number of benzene rings is 1. The molecular weight excluding hydrogens is 392 g/mol. The fourth-order valence-electron chi connectivity index (χ4n) is 4.96. The molecule has 4 nitrogen and oxygen atoms in total. The van der Waals surface area contributed by atoms with Crippen molar-refractivity contribution in [3.8, 4) is 0 Å². The van der Waals surface area contributed by atoms with Crippen LogP contribution in [0, 0.1) is 5.41 Å². The van der Waals surface area contributed by atoms with Gasteiger partial charge in [-0.2, -0.15) is 0 Å². The van der Waals surface area contributed by atoms with Crippen molar-refractivity contribution in [1.82, 2.24) is 4.98 Å². The van der Waals surface area contributed by atoms with E-state index >= 15 is 0 Å². The van der Waals surface area contributed by atoms with Gasteiger partial charge in [0.1, 0.15) is 18.8 Å². The lowest BCUT2D eigenvalue weighted by molar-refractivity contribution is -0.538. The van der Waals surface area contributed by atoms with E-state index in [0.29, 0.717) is 6.42 Å². The first kappa shape index (κ1) is 17.8. The van der Waals surface area contributed by atoms with Crippen LogP contribution in [-0.4, -0.2) is 41.4 Å². The van der Waals surface area contributed by atoms with E-state index in [1.165, 1.54) is 41.4 Å². The highest BCUT2D eigenvalue weighted by Crippen LogP contribution is 2.43. The number of methoxy groups -OCH3 is 1. The van der Waals surface area contributed by atoms with Gasteiger partial charge in [-0.1, -0.05) is 22.9 Å². The molecule has 138 valence electrons. The van der Waals surface area contributed by atoms with Crippen molar-refractivity contribution in [2.45, 2.75) is 45.4 Å². The van der Waals surface area contributed by atoms with Crippen LogP contribution in [0.4, 0.5) is 0 Å². The molecule has 26 heavy (non-hydrogen) atoms. The first-order valence-electron chi connectivity index (χ1n) is 9.57. The monoisotopic (exact) mass is 417 g/mol. The van der Waals surface area contributed by atoms with Crippen molar-refractivity contribution < 1.29 is 14.1 Å². The van der Waals surface area contributed by atoms with Gasteiger partial charge in [-0.25, -0.2) is 4.58 Å². The summed E-state index contributed by atoms with van der Waals surface area (Å²) in [7, 11) is 1.48. The summed E-state index contributed by atoms with van der Waals surface area (Å²) in [4.78, 5) is 15.6. The number of nitrogens with one attached hydrogen (secondary N) is 1. The lowest BCUT2D eigenvalue weighted by Crippen LogP contribution is -2.46. The molecule has 1 N–H and O–H groups in total. The van der Waals surface area contributed by atoms with Gasteiger partial charge in [0.2, 0.25) is 5.71 Å². The van der Waals surface area contributed by atoms with Gasteiger partial charge in [-0.15, -0.1) is 0 Å². The third-order valence-electron chi connectivity index (χ3n) is 6.35. The summed E-state index contributed by atoms with van der Waals surface area (Å²) in [5, 5.41) is 1.32. The molecule has 0 saturated carbocycles. The van der Waals surface area contributed by atoms with E-state index in [0.717, 1.165) is 43.2 Å². The van der Waals surface area contributed by atoms with Crippen LogP contribution in [-0.2, 0) is 16.0 Å². The Morgan fingerprint density at radius 1 is 1.38 bits per heavy atom. The second kappa shape index (κ2) is 6.84. The maximum Gasteiger partial charge on any atom is 0.305 e. The highest BCUT2D eigenvalue weighted by molar-refractivity contribution is 9.10. The zero-order chi connectivity index (χ0) is 18.3. The minimum Gasteiger partial charge on any atom is -0.469 e. The van der Waals surface area contributed by atoms with Gasteiger partial charge >= 0.3 is 5.97 Å². The van der Waals surface area contributed by atoms with Crippen LogP contribution in [0.5, 0.6) is 0 Å². The predicted octanol–water partition coefficient (Wildman–Crippen LogP) is 4.43. The summed E-state index contributed by atoms with van der Waals surface area (Å²) in [6, 6.07) is 6.48. The lowest BCUT2D eigenvalue weighted by atomic mass is 9.68. The Balaban J connectivity index is 1.84. The Kier molecular flexibility index (Phi) is 4.68. The SMILES string of the molecule is CCC1(CCC(=O)OC)CCC[N+]2=C1c1[nH]c3ccc(Br)cc3c1CC2. The number of aromatic amines is 1. The Bertz CT molecular complexity index is 899. The summed E-state index contributed by atoms with van der Waals surface area (Å²) in [6.45, 7) is 4.46. The third kappa shape index (κ3) is 2.81. The first-order chi connectivity index (χ1) is 12.6. The van der Waals surface area contributed by atoms with Crippen molar-refractivity contribution in [3.63, 3.8) is 0 Å². The van der Waals surface area contributed by atoms with Crippen molar-refractivity contribution in [2.24, 2.45) is 5.41 Å². The van der Waals surface area contributed by atoms with E-state index in [2.05, 4.69) is 50.6 Å². The number of esters is 1. The number of aromatic nitrogens is 1. The fraction of sp³-hybridized carbons (Fsp3) is 0.524. The summed E-state index contributed by atoms with van der Waals surface area (Å²) in [5.74, 6) is -0.104. The number of carbonyl (C=O) groups is 1. The molecule has 1 aromatic carbocycles. The molecule has 2 aromatic rings. The molecule has 1 aromatic heterocycles. The average molecular weight is 418 g/mol. The zero-order valence-electron chi connectivity index (χ0n) is 15.5. The van der Waals surface area contributed by atoms with Crippen LogP contribution in [0.2, 0.25) is 0 Å². The van der Waals surface area contributed by atoms with Gasteiger partial charge in [0, 0.05) is 34.6 Å². The Morgan fingerprint density at radius 2 is 2.23 bits per heavy atom. The smallest absolute Gasteiger partial charge is 0.305 e. The van der Waals surface area contributed by atoms with Crippen LogP contribution in [0.1, 0.15) is 50.3 Å². The number of halogens is 1. The molecule has 0 saturated heterocycles. The summed E-state index contributed by atoms with van der Waals surface area (Å²) >= 11 is 3.62. The van der Waals surface area contributed by atoms with Crippen molar-refractivity contribution in [1.29, 1.82) is 0 Å². The van der Waals surface area contributed by atoms with Crippen LogP contribution < -0.4 is 0 Å². The number of rotatable bonds is 4. The first-order valence-corrected chi connectivity index (χ1v) is 10.4. The second-order valence-corrected chi connectivity index (χ2v) is 8.48. The van der Waals surface area contributed by atoms with E-state index in [-0.39, 0.29) is 11.4 Å². The molecule has 5 heteroatoms. The van der Waals surface area contributed by atoms with Crippen molar-refractivity contribution >= 4 is 38.5 Å². The Morgan fingerprint density at radius 3 is 3.00 bits per heavy atom. The number of carbonyl (C=O) groups excluding carboxylic acids is 1. The van der Waals surface area contributed by atoms with E-state index in [4.69, 9.17) is 4.74 Å². The normalized spacial score (nSPS) is 22.3. The molecule has 0 bridgehead atoms. The Labute approximate surface area is 162 Å². The molecule has 4 rings (SSSR count). The Hall–Kier alpha value is -1.62. The molecular formula is C21H26BrN2O2+. The van der Waals surface area contributed by atoms with Crippen LogP contribution in [0.3, 0.4) is 0 Å². The molecule has 2 aliphatic rings. The van der Waals surface area contributed by atoms with Gasteiger partial charge < -0.3 is 9.72 Å². The molecule has 0 fully saturated rings. The molecule has 1 unspecified atom stereocenters. The average Bonchev–Trinajstić information content (AvgIpc) is 3.03. The van der Waals surface area contributed by atoms with Gasteiger partial charge in [0.05, 0.1) is 12.5 Å². The predicted molar refractivity (Wildman–Crippen MR) is 107 cm³/mol. The summed E-state index contributed by atoms with van der Waals surface area (Å²) in [6.07, 6.45) is 5.81. The minimum atomic E-state index is -0.104. The van der Waals surface area contributed by atoms with Crippen LogP contribution in [0.25, 0.3) is 10.9 Å². The third-order valence-corrected chi connectivity index (χ3v) is 6.84. The summed E-state index contributed by atoms with van der Waals surface area (Å²) < 4.78 is 8.61. The van der Waals surface area contributed by atoms with Gasteiger partial charge in [0.15, 0.2) is 0 Å². The second-order valence-electron chi connectivity index (χ2n) is 7.57. The number of hydrogen-bond donors (Lipinski definition) is 1. The van der Waals surface area contributed by atoms with E-state index < -0.39 is 0 Å². The standard InChI is InChI=1S/C21H25BrN2O2/c1-3-21(10-7-18(25)26-2)9-4-11-24-12-8-15-16-13-14(22)5-6-17(16)23-19(15)20(21)24/h5-6,13H,3-4,7-12H2,1-2H3/p+1. The van der Waals surface area contributed by atoms with E-state index in [1.54, 1.807) is 0 Å². The highest BCUT2D eigenvalue weighted by atomic mass is 79.9. The largest absolute Gasteiger partial charge is 0.469 e. The number of nitrogens with zero attached hydrogens (tertiary/aromatic N) is 1. The number of hydrogen-bond acceptors (Lipinski definition) is 2. The number of H-pyrrole nitrogens is 1. The molecule has 0 amide bonds.